The maximum Gasteiger partial charge on any atom is 0.240 e. The minimum absolute atomic E-state index is 0.00123. The first-order valence-corrected chi connectivity index (χ1v) is 7.96. The van der Waals surface area contributed by atoms with E-state index in [2.05, 4.69) is 10.0 Å². The Labute approximate surface area is 124 Å². The third-order valence-corrected chi connectivity index (χ3v) is 4.20. The molecule has 0 heterocycles. The van der Waals surface area contributed by atoms with E-state index >= 15 is 0 Å². The number of nitrogen functional groups attached to an aromatic ring is 1. The summed E-state index contributed by atoms with van der Waals surface area (Å²) in [7, 11) is -3.90. The van der Waals surface area contributed by atoms with E-state index in [0.717, 1.165) is 6.07 Å². The van der Waals surface area contributed by atoms with E-state index in [1.54, 1.807) is 13.8 Å². The molecule has 1 rings (SSSR count). The summed E-state index contributed by atoms with van der Waals surface area (Å²) >= 11 is 0. The van der Waals surface area contributed by atoms with Crippen LogP contribution >= 0.6 is 0 Å². The number of nitrogens with one attached hydrogen (secondary N) is 2. The van der Waals surface area contributed by atoms with Crippen molar-refractivity contribution in [2.24, 2.45) is 0 Å². The molecule has 6 nitrogen and oxygen atoms in total. The van der Waals surface area contributed by atoms with Crippen molar-refractivity contribution in [3.05, 3.63) is 23.5 Å². The highest BCUT2D eigenvalue weighted by molar-refractivity contribution is 7.89. The Hall–Kier alpha value is -1.67. The van der Waals surface area contributed by atoms with Crippen molar-refractivity contribution >= 4 is 21.6 Å². The number of benzene rings is 1. The van der Waals surface area contributed by atoms with Crippen molar-refractivity contribution in [2.75, 3.05) is 12.3 Å². The van der Waals surface area contributed by atoms with Gasteiger partial charge in [0.2, 0.25) is 15.9 Å². The zero-order chi connectivity index (χ0) is 16.2. The summed E-state index contributed by atoms with van der Waals surface area (Å²) in [5.74, 6) is -0.949. The number of nitrogens with two attached hydrogens (primary N) is 1. The number of anilines is 1. The zero-order valence-electron chi connectivity index (χ0n) is 12.2. The Bertz CT molecular complexity index is 607. The Kier molecular flexibility index (Phi) is 5.68. The molecule has 0 unspecified atom stereocenters. The van der Waals surface area contributed by atoms with Crippen LogP contribution in [0, 0.1) is 12.7 Å². The summed E-state index contributed by atoms with van der Waals surface area (Å²) in [6.45, 7) is 5.00. The topological polar surface area (TPSA) is 101 Å². The van der Waals surface area contributed by atoms with Crippen LogP contribution in [0.25, 0.3) is 0 Å². The summed E-state index contributed by atoms with van der Waals surface area (Å²) in [5, 5.41) is 2.64. The Morgan fingerprint density at radius 2 is 2.00 bits per heavy atom. The first-order chi connectivity index (χ1) is 9.63. The normalized spacial score (nSPS) is 11.7. The van der Waals surface area contributed by atoms with Gasteiger partial charge in [-0.3, -0.25) is 4.79 Å². The fourth-order valence-electron chi connectivity index (χ4n) is 1.61. The lowest BCUT2D eigenvalue weighted by atomic mass is 10.2. The van der Waals surface area contributed by atoms with Crippen molar-refractivity contribution in [2.45, 2.75) is 38.1 Å². The van der Waals surface area contributed by atoms with Crippen molar-refractivity contribution in [3.63, 3.8) is 0 Å². The van der Waals surface area contributed by atoms with Crippen molar-refractivity contribution < 1.29 is 17.6 Å². The van der Waals surface area contributed by atoms with Crippen LogP contribution in [0.15, 0.2) is 17.0 Å². The number of carbonyl (C=O) groups excluding carboxylic acids is 1. The average Bonchev–Trinajstić information content (AvgIpc) is 2.34. The van der Waals surface area contributed by atoms with Crippen LogP contribution in [0.1, 0.15) is 25.8 Å². The molecule has 0 aliphatic heterocycles. The molecule has 0 fully saturated rings. The predicted octanol–water partition coefficient (Wildman–Crippen LogP) is 0.909. The quantitative estimate of drug-likeness (QED) is 0.679. The van der Waals surface area contributed by atoms with Gasteiger partial charge in [-0.25, -0.2) is 17.5 Å². The maximum atomic E-state index is 13.5. The van der Waals surface area contributed by atoms with Gasteiger partial charge in [-0.15, -0.1) is 0 Å². The number of hydrogen-bond donors (Lipinski definition) is 3. The molecule has 0 radical (unpaired) electrons. The van der Waals surface area contributed by atoms with E-state index in [1.165, 1.54) is 13.0 Å². The van der Waals surface area contributed by atoms with Gasteiger partial charge in [0, 0.05) is 30.3 Å². The standard InChI is InChI=1S/C13H20FN3O3S/c1-8(2)17-13(18)4-5-16-21(19,20)10-6-11(14)9(3)12(15)7-10/h6-8,16H,4-5,15H2,1-3H3,(H,17,18). The number of sulfonamides is 1. The number of rotatable bonds is 6. The fourth-order valence-corrected chi connectivity index (χ4v) is 2.68. The smallest absolute Gasteiger partial charge is 0.240 e. The summed E-state index contributed by atoms with van der Waals surface area (Å²) < 4.78 is 39.7. The molecule has 0 saturated heterocycles. The van der Waals surface area contributed by atoms with Gasteiger partial charge >= 0.3 is 0 Å². The number of halogens is 1. The van der Waals surface area contributed by atoms with Crippen LogP contribution < -0.4 is 15.8 Å². The third kappa shape index (κ3) is 4.98. The highest BCUT2D eigenvalue weighted by Crippen LogP contribution is 2.20. The van der Waals surface area contributed by atoms with E-state index in [-0.39, 0.29) is 41.1 Å². The number of carbonyl (C=O) groups is 1. The summed E-state index contributed by atoms with van der Waals surface area (Å²) in [4.78, 5) is 11.1. The molecule has 0 saturated carbocycles. The SMILES string of the molecule is Cc1c(N)cc(S(=O)(=O)NCCC(=O)NC(C)C)cc1F. The molecule has 8 heteroatoms. The van der Waals surface area contributed by atoms with Crippen molar-refractivity contribution in [1.82, 2.24) is 10.0 Å². The monoisotopic (exact) mass is 317 g/mol. The lowest BCUT2D eigenvalue weighted by molar-refractivity contribution is -0.121. The molecule has 0 aromatic heterocycles. The van der Waals surface area contributed by atoms with Crippen LogP contribution in [-0.2, 0) is 14.8 Å². The van der Waals surface area contributed by atoms with Crippen LogP contribution in [0.3, 0.4) is 0 Å². The molecule has 1 aromatic carbocycles. The van der Waals surface area contributed by atoms with E-state index in [1.807, 2.05) is 0 Å². The molecule has 1 amide bonds. The number of hydrogen-bond acceptors (Lipinski definition) is 4. The molecule has 0 atom stereocenters. The minimum atomic E-state index is -3.90. The second-order valence-corrected chi connectivity index (χ2v) is 6.76. The molecule has 0 aliphatic rings. The van der Waals surface area contributed by atoms with Gasteiger partial charge in [-0.2, -0.15) is 0 Å². The van der Waals surface area contributed by atoms with Crippen LogP contribution in [-0.4, -0.2) is 26.9 Å². The molecule has 21 heavy (non-hydrogen) atoms. The van der Waals surface area contributed by atoms with Gasteiger partial charge in [-0.05, 0) is 32.9 Å². The van der Waals surface area contributed by atoms with Gasteiger partial charge in [-0.1, -0.05) is 0 Å². The van der Waals surface area contributed by atoms with E-state index in [0.29, 0.717) is 0 Å². The average molecular weight is 317 g/mol. The lowest BCUT2D eigenvalue weighted by Gasteiger charge is -2.10. The summed E-state index contributed by atoms with van der Waals surface area (Å²) in [6, 6.07) is 2.08. The lowest BCUT2D eigenvalue weighted by Crippen LogP contribution is -2.34. The minimum Gasteiger partial charge on any atom is -0.398 e. The second kappa shape index (κ2) is 6.86. The van der Waals surface area contributed by atoms with E-state index in [9.17, 15) is 17.6 Å². The molecule has 0 bridgehead atoms. The fraction of sp³-hybridized carbons (Fsp3) is 0.462. The first kappa shape index (κ1) is 17.4. The van der Waals surface area contributed by atoms with Gasteiger partial charge in [0.25, 0.3) is 0 Å². The molecule has 4 N–H and O–H groups in total. The van der Waals surface area contributed by atoms with Gasteiger partial charge in [0.1, 0.15) is 5.82 Å². The zero-order valence-corrected chi connectivity index (χ0v) is 13.1. The number of amides is 1. The largest absolute Gasteiger partial charge is 0.398 e. The maximum absolute atomic E-state index is 13.5. The van der Waals surface area contributed by atoms with Crippen molar-refractivity contribution in [3.8, 4) is 0 Å². The van der Waals surface area contributed by atoms with Gasteiger partial charge in [0.15, 0.2) is 0 Å². The third-order valence-electron chi connectivity index (χ3n) is 2.76. The van der Waals surface area contributed by atoms with E-state index < -0.39 is 15.8 Å². The second-order valence-electron chi connectivity index (χ2n) is 4.99. The molecule has 0 spiro atoms. The van der Waals surface area contributed by atoms with Gasteiger partial charge in [0.05, 0.1) is 4.90 Å². The summed E-state index contributed by atoms with van der Waals surface area (Å²) in [5.41, 5.74) is 5.82. The highest BCUT2D eigenvalue weighted by atomic mass is 32.2. The molecule has 1 aromatic rings. The highest BCUT2D eigenvalue weighted by Gasteiger charge is 2.17. The molecular weight excluding hydrogens is 297 g/mol. The Morgan fingerprint density at radius 1 is 1.38 bits per heavy atom. The van der Waals surface area contributed by atoms with Crippen LogP contribution in [0.5, 0.6) is 0 Å². The predicted molar refractivity (Wildman–Crippen MR) is 78.6 cm³/mol. The Morgan fingerprint density at radius 3 is 2.52 bits per heavy atom. The van der Waals surface area contributed by atoms with Crippen LogP contribution in [0.4, 0.5) is 10.1 Å². The van der Waals surface area contributed by atoms with Crippen LogP contribution in [0.2, 0.25) is 0 Å². The Balaban J connectivity index is 2.72. The summed E-state index contributed by atoms with van der Waals surface area (Å²) in [6.07, 6.45) is 0.00123. The first-order valence-electron chi connectivity index (χ1n) is 6.48. The molecule has 118 valence electrons. The molecule has 0 aliphatic carbocycles. The molecular formula is C13H20FN3O3S. The van der Waals surface area contributed by atoms with E-state index in [4.69, 9.17) is 5.73 Å². The van der Waals surface area contributed by atoms with Gasteiger partial charge < -0.3 is 11.1 Å². The van der Waals surface area contributed by atoms with Crippen molar-refractivity contribution in [1.29, 1.82) is 0 Å².